The van der Waals surface area contributed by atoms with Gasteiger partial charge in [0.1, 0.15) is 5.69 Å². The number of likely N-dealkylation sites (tertiary alicyclic amines) is 1. The number of aromatic nitrogens is 1. The fraction of sp³-hybridized carbons (Fsp3) is 0.407. The molecule has 0 bridgehead atoms. The summed E-state index contributed by atoms with van der Waals surface area (Å²) in [6.45, 7) is 3.04. The minimum atomic E-state index is 0.0925. The molecule has 1 saturated heterocycles. The van der Waals surface area contributed by atoms with Crippen LogP contribution < -0.4 is 0 Å². The summed E-state index contributed by atoms with van der Waals surface area (Å²) in [4.78, 5) is 22.7. The molecular weight excluding hydrogens is 398 g/mol. The van der Waals surface area contributed by atoms with Gasteiger partial charge in [-0.1, -0.05) is 36.4 Å². The molecule has 1 saturated carbocycles. The molecule has 3 heterocycles. The van der Waals surface area contributed by atoms with E-state index in [2.05, 4.69) is 45.1 Å². The van der Waals surface area contributed by atoms with Gasteiger partial charge in [-0.05, 0) is 74.9 Å². The number of benzene rings is 1. The fourth-order valence-electron chi connectivity index (χ4n) is 5.05. The monoisotopic (exact) mass is 429 g/mol. The molecule has 2 aromatic heterocycles. The zero-order valence-electron chi connectivity index (χ0n) is 18.5. The van der Waals surface area contributed by atoms with Gasteiger partial charge in [-0.25, -0.2) is 0 Å². The van der Waals surface area contributed by atoms with Gasteiger partial charge in [0.25, 0.3) is 5.91 Å². The topological polar surface area (TPSA) is 49.6 Å². The van der Waals surface area contributed by atoms with Gasteiger partial charge in [-0.3, -0.25) is 14.7 Å². The van der Waals surface area contributed by atoms with Crippen LogP contribution in [0.15, 0.2) is 77.7 Å². The van der Waals surface area contributed by atoms with E-state index in [1.165, 1.54) is 11.1 Å². The van der Waals surface area contributed by atoms with Crippen molar-refractivity contribution in [2.24, 2.45) is 5.92 Å². The molecule has 2 aliphatic rings. The number of pyridine rings is 1. The second-order valence-corrected chi connectivity index (χ2v) is 9.16. The SMILES string of the molecule is O=C(c1ccccn1)N(C1CC1)C(Cc1ccccc1)C1CCN(Cc2ccoc2)CC1. The van der Waals surface area contributed by atoms with Gasteiger partial charge in [0.05, 0.1) is 12.5 Å². The van der Waals surface area contributed by atoms with Crippen molar-refractivity contribution >= 4 is 5.91 Å². The van der Waals surface area contributed by atoms with E-state index in [-0.39, 0.29) is 11.9 Å². The molecule has 1 atom stereocenters. The molecule has 5 nitrogen and oxygen atoms in total. The molecule has 1 aliphatic carbocycles. The molecule has 0 spiro atoms. The van der Waals surface area contributed by atoms with E-state index in [1.807, 2.05) is 30.5 Å². The maximum absolute atomic E-state index is 13.6. The molecule has 0 radical (unpaired) electrons. The number of rotatable bonds is 8. The van der Waals surface area contributed by atoms with Gasteiger partial charge in [0, 0.05) is 30.4 Å². The maximum Gasteiger partial charge on any atom is 0.272 e. The van der Waals surface area contributed by atoms with E-state index < -0.39 is 0 Å². The Bertz CT molecular complexity index is 978. The molecule has 166 valence electrons. The van der Waals surface area contributed by atoms with Crippen LogP contribution in [-0.4, -0.2) is 45.9 Å². The number of amides is 1. The molecule has 1 amide bonds. The van der Waals surface area contributed by atoms with Crippen molar-refractivity contribution in [2.75, 3.05) is 13.1 Å². The van der Waals surface area contributed by atoms with Crippen LogP contribution in [0.4, 0.5) is 0 Å². The summed E-state index contributed by atoms with van der Waals surface area (Å²) < 4.78 is 5.24. The highest BCUT2D eigenvalue weighted by atomic mass is 16.3. The van der Waals surface area contributed by atoms with Crippen molar-refractivity contribution in [3.05, 3.63) is 90.1 Å². The maximum atomic E-state index is 13.6. The number of hydrogen-bond acceptors (Lipinski definition) is 4. The van der Waals surface area contributed by atoms with Gasteiger partial charge in [0.2, 0.25) is 0 Å². The summed E-state index contributed by atoms with van der Waals surface area (Å²) in [6.07, 6.45) is 10.6. The fourth-order valence-corrected chi connectivity index (χ4v) is 5.05. The van der Waals surface area contributed by atoms with Crippen LogP contribution in [0.3, 0.4) is 0 Å². The lowest BCUT2D eigenvalue weighted by molar-refractivity contribution is 0.0477. The van der Waals surface area contributed by atoms with Crippen LogP contribution in [0.5, 0.6) is 0 Å². The smallest absolute Gasteiger partial charge is 0.272 e. The second-order valence-electron chi connectivity index (χ2n) is 9.16. The molecule has 2 fully saturated rings. The number of piperidine rings is 1. The third-order valence-electron chi connectivity index (χ3n) is 6.87. The van der Waals surface area contributed by atoms with Crippen molar-refractivity contribution in [3.63, 3.8) is 0 Å². The molecule has 32 heavy (non-hydrogen) atoms. The van der Waals surface area contributed by atoms with Crippen LogP contribution >= 0.6 is 0 Å². The first kappa shape index (κ1) is 21.0. The Kier molecular flexibility index (Phi) is 6.35. The number of nitrogens with zero attached hydrogens (tertiary/aromatic N) is 3. The van der Waals surface area contributed by atoms with Gasteiger partial charge in [0.15, 0.2) is 0 Å². The Morgan fingerprint density at radius 3 is 2.44 bits per heavy atom. The lowest BCUT2D eigenvalue weighted by Crippen LogP contribution is -2.50. The highest BCUT2D eigenvalue weighted by molar-refractivity contribution is 5.93. The number of carbonyl (C=O) groups is 1. The Morgan fingerprint density at radius 2 is 1.78 bits per heavy atom. The largest absolute Gasteiger partial charge is 0.472 e. The van der Waals surface area contributed by atoms with Crippen molar-refractivity contribution < 1.29 is 9.21 Å². The molecule has 0 N–H and O–H groups in total. The molecule has 1 aliphatic heterocycles. The lowest BCUT2D eigenvalue weighted by Gasteiger charge is -2.41. The summed E-state index contributed by atoms with van der Waals surface area (Å²) in [7, 11) is 0. The van der Waals surface area contributed by atoms with Crippen molar-refractivity contribution in [2.45, 2.75) is 50.7 Å². The Morgan fingerprint density at radius 1 is 1.00 bits per heavy atom. The minimum absolute atomic E-state index is 0.0925. The predicted octanol–water partition coefficient (Wildman–Crippen LogP) is 4.80. The lowest BCUT2D eigenvalue weighted by atomic mass is 9.84. The number of hydrogen-bond donors (Lipinski definition) is 0. The first-order valence-corrected chi connectivity index (χ1v) is 11.8. The Hall–Kier alpha value is -2.92. The van der Waals surface area contributed by atoms with E-state index in [0.717, 1.165) is 51.7 Å². The predicted molar refractivity (Wildman–Crippen MR) is 124 cm³/mol. The third-order valence-corrected chi connectivity index (χ3v) is 6.87. The summed E-state index contributed by atoms with van der Waals surface area (Å²) >= 11 is 0. The highest BCUT2D eigenvalue weighted by Crippen LogP contribution is 2.36. The van der Waals surface area contributed by atoms with E-state index in [0.29, 0.717) is 17.7 Å². The minimum Gasteiger partial charge on any atom is -0.472 e. The summed E-state index contributed by atoms with van der Waals surface area (Å²) in [5, 5.41) is 0. The number of carbonyl (C=O) groups excluding carboxylic acids is 1. The normalized spacial score (nSPS) is 18.4. The first-order valence-electron chi connectivity index (χ1n) is 11.8. The molecular formula is C27H31N3O2. The Balaban J connectivity index is 1.36. The van der Waals surface area contributed by atoms with E-state index in [1.54, 1.807) is 12.5 Å². The van der Waals surface area contributed by atoms with E-state index in [4.69, 9.17) is 4.42 Å². The summed E-state index contributed by atoms with van der Waals surface area (Å²) in [6, 6.07) is 18.9. The van der Waals surface area contributed by atoms with Crippen molar-refractivity contribution in [3.8, 4) is 0 Å². The zero-order valence-corrected chi connectivity index (χ0v) is 18.5. The molecule has 1 unspecified atom stereocenters. The standard InChI is InChI=1S/C27H31N3O2/c31-27(25-8-4-5-14-28-25)30(24-9-10-24)26(18-21-6-2-1-3-7-21)23-11-15-29(16-12-23)19-22-13-17-32-20-22/h1-8,13-14,17,20,23-24,26H,9-12,15-16,18-19H2. The van der Waals surface area contributed by atoms with Gasteiger partial charge in [-0.15, -0.1) is 0 Å². The van der Waals surface area contributed by atoms with E-state index in [9.17, 15) is 4.79 Å². The molecule has 1 aromatic carbocycles. The van der Waals surface area contributed by atoms with Gasteiger partial charge < -0.3 is 9.32 Å². The molecule has 3 aromatic rings. The zero-order chi connectivity index (χ0) is 21.8. The van der Waals surface area contributed by atoms with E-state index >= 15 is 0 Å². The van der Waals surface area contributed by atoms with Crippen LogP contribution in [-0.2, 0) is 13.0 Å². The average Bonchev–Trinajstić information content (AvgIpc) is 3.55. The van der Waals surface area contributed by atoms with Crippen molar-refractivity contribution in [1.29, 1.82) is 0 Å². The van der Waals surface area contributed by atoms with Crippen LogP contribution in [0.2, 0.25) is 0 Å². The first-order chi connectivity index (χ1) is 15.8. The summed E-state index contributed by atoms with van der Waals surface area (Å²) in [5.74, 6) is 0.582. The highest BCUT2D eigenvalue weighted by Gasteiger charge is 2.41. The van der Waals surface area contributed by atoms with Crippen LogP contribution in [0.1, 0.15) is 47.3 Å². The summed E-state index contributed by atoms with van der Waals surface area (Å²) in [5.41, 5.74) is 3.10. The van der Waals surface area contributed by atoms with Crippen LogP contribution in [0, 0.1) is 5.92 Å². The molecule has 5 heteroatoms. The Labute approximate surface area is 190 Å². The van der Waals surface area contributed by atoms with Crippen LogP contribution in [0.25, 0.3) is 0 Å². The van der Waals surface area contributed by atoms with Gasteiger partial charge >= 0.3 is 0 Å². The quantitative estimate of drug-likeness (QED) is 0.516. The average molecular weight is 430 g/mol. The molecule has 5 rings (SSSR count). The van der Waals surface area contributed by atoms with Crippen molar-refractivity contribution in [1.82, 2.24) is 14.8 Å². The van der Waals surface area contributed by atoms with Gasteiger partial charge in [-0.2, -0.15) is 0 Å². The second kappa shape index (κ2) is 9.70. The number of furan rings is 1. The third kappa shape index (κ3) is 4.94.